The first-order valence-electron chi connectivity index (χ1n) is 4.76. The molecule has 0 fully saturated rings. The van der Waals surface area contributed by atoms with Crippen molar-refractivity contribution < 1.29 is 18.9 Å². The Hall–Kier alpha value is -1.24. The van der Waals surface area contributed by atoms with E-state index in [0.29, 0.717) is 0 Å². The zero-order valence-corrected chi connectivity index (χ0v) is 10.3. The summed E-state index contributed by atoms with van der Waals surface area (Å²) in [7, 11) is 0. The van der Waals surface area contributed by atoms with Gasteiger partial charge in [0.1, 0.15) is 0 Å². The minimum absolute atomic E-state index is 1.10. The van der Waals surface area contributed by atoms with Gasteiger partial charge >= 0.3 is 98.3 Å². The van der Waals surface area contributed by atoms with E-state index in [4.69, 9.17) is 0 Å². The zero-order chi connectivity index (χ0) is 10.3. The summed E-state index contributed by atoms with van der Waals surface area (Å²) in [5.74, 6) is 0. The molecule has 1 heterocycles. The van der Waals surface area contributed by atoms with E-state index in [1.54, 1.807) is 0 Å². The summed E-state index contributed by atoms with van der Waals surface area (Å²) in [4.78, 5) is 4.47. The van der Waals surface area contributed by atoms with Crippen LogP contribution in [-0.4, -0.2) is 4.98 Å². The predicted octanol–water partition coefficient (Wildman–Crippen LogP) is 2.56. The topological polar surface area (TPSA) is 12.9 Å². The van der Waals surface area contributed by atoms with Crippen LogP contribution in [0.5, 0.6) is 0 Å². The van der Waals surface area contributed by atoms with Crippen molar-refractivity contribution in [2.24, 2.45) is 0 Å². The van der Waals surface area contributed by atoms with Gasteiger partial charge in [0, 0.05) is 0 Å². The molecule has 15 heavy (non-hydrogen) atoms. The van der Waals surface area contributed by atoms with Gasteiger partial charge in [-0.2, -0.15) is 0 Å². The molecule has 72 valence electrons. The van der Waals surface area contributed by atoms with Gasteiger partial charge in [0.05, 0.1) is 0 Å². The van der Waals surface area contributed by atoms with Gasteiger partial charge in [-0.25, -0.2) is 0 Å². The second-order valence-corrected chi connectivity index (χ2v) is 4.74. The summed E-state index contributed by atoms with van der Waals surface area (Å²) in [5.41, 5.74) is 1.10. The Morgan fingerprint density at radius 3 is 2.60 bits per heavy atom. The van der Waals surface area contributed by atoms with Crippen LogP contribution in [-0.2, 0) is 18.9 Å². The number of aromatic nitrogens is 1. The van der Waals surface area contributed by atoms with Crippen molar-refractivity contribution in [3.8, 4) is 0 Å². The minimum atomic E-state index is 1.10. The van der Waals surface area contributed by atoms with E-state index in [0.717, 1.165) is 5.52 Å². The molecule has 0 radical (unpaired) electrons. The molecule has 0 spiro atoms. The molecular weight excluding hydrogens is 362 g/mol. The van der Waals surface area contributed by atoms with E-state index in [2.05, 4.69) is 60.3 Å². The van der Waals surface area contributed by atoms with Crippen molar-refractivity contribution >= 4 is 25.8 Å². The Labute approximate surface area is 98.3 Å². The van der Waals surface area contributed by atoms with E-state index in [-0.39, 0.29) is 0 Å². The molecule has 0 saturated carbocycles. The summed E-state index contributed by atoms with van der Waals surface area (Å²) in [6.07, 6.45) is 1.86. The van der Waals surface area contributed by atoms with Gasteiger partial charge < -0.3 is 0 Å². The van der Waals surface area contributed by atoms with E-state index in [9.17, 15) is 0 Å². The molecule has 3 rings (SSSR count). The van der Waals surface area contributed by atoms with Gasteiger partial charge in [0.2, 0.25) is 0 Å². The molecule has 0 unspecified atom stereocenters. The van der Waals surface area contributed by atoms with Gasteiger partial charge in [-0.1, -0.05) is 0 Å². The third kappa shape index (κ3) is 1.38. The number of nitrogens with zero attached hydrogens (tertiary/aromatic N) is 1. The second-order valence-electron chi connectivity index (χ2n) is 3.45. The maximum atomic E-state index is 4.47. The van der Waals surface area contributed by atoms with E-state index in [1.165, 1.54) is 20.2 Å². The Balaban J connectivity index is 2.64. The van der Waals surface area contributed by atoms with Gasteiger partial charge in [0.15, 0.2) is 0 Å². The van der Waals surface area contributed by atoms with Gasteiger partial charge in [0.25, 0.3) is 0 Å². The third-order valence-electron chi connectivity index (χ3n) is 2.55. The van der Waals surface area contributed by atoms with Crippen LogP contribution in [0, 0.1) is 0 Å². The third-order valence-corrected chi connectivity index (χ3v) is 3.54. The normalized spacial score (nSPS) is 11.0. The van der Waals surface area contributed by atoms with Gasteiger partial charge in [-0.3, -0.25) is 0 Å². The van der Waals surface area contributed by atoms with Crippen LogP contribution in [0.25, 0.3) is 21.7 Å². The van der Waals surface area contributed by atoms with Crippen molar-refractivity contribution in [3.05, 3.63) is 48.7 Å². The SMILES string of the molecule is [Ir+2][c]1cccc2ccc3cccnc3c12. The molecule has 0 aliphatic carbocycles. The second kappa shape index (κ2) is 3.41. The molecule has 3 aromatic rings. The van der Waals surface area contributed by atoms with E-state index in [1.807, 2.05) is 12.3 Å². The van der Waals surface area contributed by atoms with Crippen LogP contribution < -0.4 is 4.08 Å². The molecule has 0 amide bonds. The monoisotopic (exact) mass is 371 g/mol. The summed E-state index contributed by atoms with van der Waals surface area (Å²) >= 11 is 2.14. The molecule has 0 bridgehead atoms. The average molecular weight is 370 g/mol. The molecule has 0 saturated heterocycles. The Kier molecular flexibility index (Phi) is 2.05. The Bertz CT molecular complexity index is 646. The summed E-state index contributed by atoms with van der Waals surface area (Å²) in [6, 6.07) is 14.7. The Morgan fingerprint density at radius 1 is 0.867 bits per heavy atom. The summed E-state index contributed by atoms with van der Waals surface area (Å²) in [5, 5.41) is 3.75. The first-order valence-corrected chi connectivity index (χ1v) is 5.96. The van der Waals surface area contributed by atoms with Crippen LogP contribution in [0.1, 0.15) is 0 Å². The predicted molar refractivity (Wildman–Crippen MR) is 58.9 cm³/mol. The molecule has 2 aromatic carbocycles. The molecule has 1 nitrogen and oxygen atoms in total. The van der Waals surface area contributed by atoms with Crippen LogP contribution in [0.3, 0.4) is 0 Å². The number of fused-ring (bicyclic) bond motifs is 3. The van der Waals surface area contributed by atoms with Crippen molar-refractivity contribution in [3.63, 3.8) is 0 Å². The van der Waals surface area contributed by atoms with Crippen LogP contribution in [0.2, 0.25) is 0 Å². The standard InChI is InChI=1S/C13H8N.Ir/c1-2-6-12-10(4-1)7-8-11-5-3-9-14-13(11)12;/h1-5,7-9H;/q;+2. The van der Waals surface area contributed by atoms with Crippen LogP contribution in [0.15, 0.2) is 48.7 Å². The van der Waals surface area contributed by atoms with Gasteiger partial charge in [-0.05, 0) is 0 Å². The fourth-order valence-corrected chi connectivity index (χ4v) is 2.71. The quantitative estimate of drug-likeness (QED) is 0.555. The van der Waals surface area contributed by atoms with Crippen LogP contribution in [0.4, 0.5) is 0 Å². The molecule has 0 aliphatic heterocycles. The molecule has 0 N–H and O–H groups in total. The summed E-state index contributed by atoms with van der Waals surface area (Å²) < 4.78 is 1.29. The average Bonchev–Trinajstić information content (AvgIpc) is 2.29. The Morgan fingerprint density at radius 2 is 1.67 bits per heavy atom. The fourth-order valence-electron chi connectivity index (χ4n) is 1.85. The number of hydrogen-bond donors (Lipinski definition) is 0. The molecule has 0 aliphatic rings. The van der Waals surface area contributed by atoms with Crippen molar-refractivity contribution in [1.82, 2.24) is 4.98 Å². The van der Waals surface area contributed by atoms with Gasteiger partial charge in [-0.15, -0.1) is 0 Å². The molecular formula is C13H8IrN+2. The zero-order valence-electron chi connectivity index (χ0n) is 7.90. The van der Waals surface area contributed by atoms with Crippen LogP contribution >= 0.6 is 0 Å². The number of benzene rings is 2. The molecule has 0 atom stereocenters. The van der Waals surface area contributed by atoms with E-state index >= 15 is 0 Å². The summed E-state index contributed by atoms with van der Waals surface area (Å²) in [6.45, 7) is 0. The number of hydrogen-bond acceptors (Lipinski definition) is 1. The fraction of sp³-hybridized carbons (Fsp3) is 0. The molecule has 1 aromatic heterocycles. The van der Waals surface area contributed by atoms with Crippen molar-refractivity contribution in [2.45, 2.75) is 0 Å². The maximum absolute atomic E-state index is 4.47. The molecule has 2 heteroatoms. The first-order chi connectivity index (χ1) is 7.36. The van der Waals surface area contributed by atoms with E-state index < -0.39 is 0 Å². The number of rotatable bonds is 0. The number of pyridine rings is 1. The van der Waals surface area contributed by atoms with Crippen molar-refractivity contribution in [2.75, 3.05) is 0 Å². The van der Waals surface area contributed by atoms with Crippen molar-refractivity contribution in [1.29, 1.82) is 0 Å². The first kappa shape index (κ1) is 9.02.